The molecule has 4 aromatic rings. The number of nitrogens with zero attached hydrogens (tertiary/aromatic N) is 3. The van der Waals surface area contributed by atoms with Gasteiger partial charge in [-0.15, -0.1) is 0 Å². The van der Waals surface area contributed by atoms with Crippen molar-refractivity contribution >= 4 is 49.8 Å². The van der Waals surface area contributed by atoms with Gasteiger partial charge in [0.1, 0.15) is 11.5 Å². The molecule has 1 aromatic heterocycles. The largest absolute Gasteiger partial charge is 0.507 e. The summed E-state index contributed by atoms with van der Waals surface area (Å²) < 4.78 is 6.73. The Balaban J connectivity index is 1.65. The number of aliphatic hydroxyl groups is 1. The SMILES string of the molecule is CC(C)COc1cccc(/C(O)=C2\C(=O)C(=O)N(c3nc4ccccc4s3)C2c2ccc(N(C)C)cc2)c1. The van der Waals surface area contributed by atoms with E-state index in [2.05, 4.69) is 18.8 Å². The highest BCUT2D eigenvalue weighted by Gasteiger charge is 2.48. The van der Waals surface area contributed by atoms with Crippen molar-refractivity contribution in [3.05, 3.63) is 89.5 Å². The maximum atomic E-state index is 13.5. The molecule has 38 heavy (non-hydrogen) atoms. The molecule has 1 amide bonds. The van der Waals surface area contributed by atoms with Crippen LogP contribution in [0.4, 0.5) is 10.8 Å². The number of amides is 1. The van der Waals surface area contributed by atoms with Gasteiger partial charge in [-0.25, -0.2) is 4.98 Å². The Morgan fingerprint density at radius 2 is 1.79 bits per heavy atom. The molecule has 8 heteroatoms. The van der Waals surface area contributed by atoms with Gasteiger partial charge in [0.2, 0.25) is 0 Å². The predicted octanol–water partition coefficient (Wildman–Crippen LogP) is 6.02. The van der Waals surface area contributed by atoms with Gasteiger partial charge < -0.3 is 14.7 Å². The van der Waals surface area contributed by atoms with Gasteiger partial charge >= 0.3 is 5.91 Å². The van der Waals surface area contributed by atoms with Crippen LogP contribution in [0.5, 0.6) is 5.75 Å². The number of ketones is 1. The van der Waals surface area contributed by atoms with E-state index >= 15 is 0 Å². The van der Waals surface area contributed by atoms with Gasteiger partial charge in [-0.1, -0.05) is 61.6 Å². The number of ether oxygens (including phenoxy) is 1. The molecule has 0 spiro atoms. The molecule has 0 saturated carbocycles. The summed E-state index contributed by atoms with van der Waals surface area (Å²) in [4.78, 5) is 35.0. The predicted molar refractivity (Wildman–Crippen MR) is 152 cm³/mol. The maximum Gasteiger partial charge on any atom is 0.301 e. The van der Waals surface area contributed by atoms with Crippen molar-refractivity contribution in [1.82, 2.24) is 4.98 Å². The van der Waals surface area contributed by atoms with Gasteiger partial charge in [0.15, 0.2) is 5.13 Å². The zero-order valence-electron chi connectivity index (χ0n) is 21.7. The van der Waals surface area contributed by atoms with Crippen LogP contribution >= 0.6 is 11.3 Å². The van der Waals surface area contributed by atoms with Crippen molar-refractivity contribution in [2.24, 2.45) is 5.92 Å². The second-order valence-corrected chi connectivity index (χ2v) is 10.9. The molecule has 3 aromatic carbocycles. The Kier molecular flexibility index (Phi) is 6.91. The van der Waals surface area contributed by atoms with Crippen LogP contribution in [0, 0.1) is 5.92 Å². The van der Waals surface area contributed by atoms with E-state index in [1.54, 1.807) is 24.3 Å². The Morgan fingerprint density at radius 3 is 2.47 bits per heavy atom. The van der Waals surface area contributed by atoms with E-state index < -0.39 is 17.7 Å². The lowest BCUT2D eigenvalue weighted by molar-refractivity contribution is -0.132. The van der Waals surface area contributed by atoms with E-state index in [-0.39, 0.29) is 11.3 Å². The lowest BCUT2D eigenvalue weighted by Crippen LogP contribution is -2.29. The minimum atomic E-state index is -0.841. The normalized spacial score (nSPS) is 17.0. The summed E-state index contributed by atoms with van der Waals surface area (Å²) in [6, 6.07) is 21.3. The summed E-state index contributed by atoms with van der Waals surface area (Å²) in [5.41, 5.74) is 2.84. The summed E-state index contributed by atoms with van der Waals surface area (Å²) in [5.74, 6) is -0.813. The van der Waals surface area contributed by atoms with Crippen LogP contribution in [-0.2, 0) is 9.59 Å². The molecule has 1 unspecified atom stereocenters. The standard InChI is InChI=1S/C30H29N3O4S/c1-18(2)17-37-22-9-7-8-20(16-22)27(34)25-26(19-12-14-21(15-13-19)32(3)4)33(29(36)28(25)35)30-31-23-10-5-6-11-24(23)38-30/h5-16,18,26,34H,17H2,1-4H3/b27-25+. The number of carbonyl (C=O) groups excluding carboxylic acids is 2. The number of para-hydroxylation sites is 1. The number of rotatable bonds is 7. The van der Waals surface area contributed by atoms with E-state index in [0.29, 0.717) is 34.5 Å². The van der Waals surface area contributed by atoms with Gasteiger partial charge in [-0.2, -0.15) is 0 Å². The third-order valence-electron chi connectivity index (χ3n) is 6.35. The molecular weight excluding hydrogens is 498 g/mol. The molecule has 1 aliphatic rings. The zero-order valence-corrected chi connectivity index (χ0v) is 22.5. The highest BCUT2D eigenvalue weighted by atomic mass is 32.1. The lowest BCUT2D eigenvalue weighted by Gasteiger charge is -2.23. The van der Waals surface area contributed by atoms with Gasteiger partial charge in [0.05, 0.1) is 28.4 Å². The van der Waals surface area contributed by atoms with Crippen LogP contribution < -0.4 is 14.5 Å². The minimum absolute atomic E-state index is 0.0212. The summed E-state index contributed by atoms with van der Waals surface area (Å²) in [6.07, 6.45) is 0. The van der Waals surface area contributed by atoms with Crippen molar-refractivity contribution in [1.29, 1.82) is 0 Å². The Labute approximate surface area is 225 Å². The molecule has 1 atom stereocenters. The molecule has 7 nitrogen and oxygen atoms in total. The zero-order chi connectivity index (χ0) is 27.0. The summed E-state index contributed by atoms with van der Waals surface area (Å²) in [6.45, 7) is 4.62. The van der Waals surface area contributed by atoms with Gasteiger partial charge in [-0.05, 0) is 47.9 Å². The fourth-order valence-electron chi connectivity index (χ4n) is 4.41. The Bertz CT molecular complexity index is 1510. The average Bonchev–Trinajstić information content (AvgIpc) is 3.45. The monoisotopic (exact) mass is 527 g/mol. The molecule has 1 fully saturated rings. The first-order valence-corrected chi connectivity index (χ1v) is 13.2. The number of fused-ring (bicyclic) bond motifs is 1. The van der Waals surface area contributed by atoms with Crippen molar-refractivity contribution in [2.45, 2.75) is 19.9 Å². The number of thiazole rings is 1. The van der Waals surface area contributed by atoms with Gasteiger partial charge in [0, 0.05) is 25.3 Å². The summed E-state index contributed by atoms with van der Waals surface area (Å²) in [5, 5.41) is 11.9. The molecule has 0 bridgehead atoms. The molecule has 1 N–H and O–H groups in total. The smallest absolute Gasteiger partial charge is 0.301 e. The van der Waals surface area contributed by atoms with E-state index in [1.165, 1.54) is 16.2 Å². The van der Waals surface area contributed by atoms with Crippen molar-refractivity contribution in [2.75, 3.05) is 30.5 Å². The van der Waals surface area contributed by atoms with Crippen molar-refractivity contribution < 1.29 is 19.4 Å². The molecule has 2 heterocycles. The van der Waals surface area contributed by atoms with Crippen LogP contribution in [-0.4, -0.2) is 42.5 Å². The van der Waals surface area contributed by atoms with E-state index in [4.69, 9.17) is 4.74 Å². The molecule has 0 radical (unpaired) electrons. The average molecular weight is 528 g/mol. The third kappa shape index (κ3) is 4.75. The van der Waals surface area contributed by atoms with Gasteiger partial charge in [-0.3, -0.25) is 14.5 Å². The molecule has 0 aliphatic carbocycles. The van der Waals surface area contributed by atoms with Crippen LogP contribution in [0.1, 0.15) is 31.0 Å². The first kappa shape index (κ1) is 25.5. The molecular formula is C30H29N3O4S. The Morgan fingerprint density at radius 1 is 1.05 bits per heavy atom. The fraction of sp³-hybridized carbons (Fsp3) is 0.233. The number of anilines is 2. The molecule has 1 saturated heterocycles. The van der Waals surface area contributed by atoms with Crippen molar-refractivity contribution in [3.8, 4) is 5.75 Å². The van der Waals surface area contributed by atoms with E-state index in [9.17, 15) is 14.7 Å². The lowest BCUT2D eigenvalue weighted by atomic mass is 9.95. The topological polar surface area (TPSA) is 83.0 Å². The van der Waals surface area contributed by atoms with Crippen LogP contribution in [0.25, 0.3) is 16.0 Å². The summed E-state index contributed by atoms with van der Waals surface area (Å²) in [7, 11) is 3.88. The summed E-state index contributed by atoms with van der Waals surface area (Å²) >= 11 is 1.34. The number of hydrogen-bond donors (Lipinski definition) is 1. The second-order valence-electron chi connectivity index (χ2n) is 9.85. The van der Waals surface area contributed by atoms with E-state index in [0.717, 1.165) is 15.9 Å². The maximum absolute atomic E-state index is 13.5. The number of benzene rings is 3. The van der Waals surface area contributed by atoms with Crippen LogP contribution in [0.15, 0.2) is 78.4 Å². The van der Waals surface area contributed by atoms with Crippen LogP contribution in [0.3, 0.4) is 0 Å². The molecule has 5 rings (SSSR count). The minimum Gasteiger partial charge on any atom is -0.507 e. The number of hydrogen-bond acceptors (Lipinski definition) is 7. The fourth-order valence-corrected chi connectivity index (χ4v) is 5.41. The van der Waals surface area contributed by atoms with Gasteiger partial charge in [0.25, 0.3) is 5.78 Å². The Hall–Kier alpha value is -4.17. The van der Waals surface area contributed by atoms with E-state index in [1.807, 2.05) is 67.5 Å². The highest BCUT2D eigenvalue weighted by molar-refractivity contribution is 7.22. The quantitative estimate of drug-likeness (QED) is 0.180. The van der Waals surface area contributed by atoms with Crippen LogP contribution in [0.2, 0.25) is 0 Å². The first-order valence-electron chi connectivity index (χ1n) is 12.4. The van der Waals surface area contributed by atoms with Crippen molar-refractivity contribution in [3.63, 3.8) is 0 Å². The highest BCUT2D eigenvalue weighted by Crippen LogP contribution is 2.44. The number of carbonyl (C=O) groups is 2. The second kappa shape index (κ2) is 10.3. The molecule has 1 aliphatic heterocycles. The number of aromatic nitrogens is 1. The first-order chi connectivity index (χ1) is 18.2. The number of Topliss-reactive ketones (excluding diaryl/α,β-unsaturated/α-hetero) is 1. The molecule has 194 valence electrons. The third-order valence-corrected chi connectivity index (χ3v) is 7.38. The number of aliphatic hydroxyl groups excluding tert-OH is 1.